The first-order valence-electron chi connectivity index (χ1n) is 7.55. The summed E-state index contributed by atoms with van der Waals surface area (Å²) in [6.07, 6.45) is 0. The molecule has 0 aliphatic carbocycles. The molecule has 0 aliphatic rings. The maximum Gasteiger partial charge on any atom is 0.233 e. The third-order valence-electron chi connectivity index (χ3n) is 3.41. The summed E-state index contributed by atoms with van der Waals surface area (Å²) >= 11 is 1.24. The van der Waals surface area contributed by atoms with E-state index in [2.05, 4.69) is 11.1 Å². The summed E-state index contributed by atoms with van der Waals surface area (Å²) in [4.78, 5) is 30.1. The Morgan fingerprint density at radius 1 is 1.30 bits per heavy atom. The van der Waals surface area contributed by atoms with E-state index in [1.165, 1.54) is 18.7 Å². The van der Waals surface area contributed by atoms with Crippen LogP contribution in [0.15, 0.2) is 11.1 Å². The van der Waals surface area contributed by atoms with E-state index in [0.717, 1.165) is 0 Å². The lowest BCUT2D eigenvalue weighted by atomic mass is 10.1. The van der Waals surface area contributed by atoms with Gasteiger partial charge >= 0.3 is 0 Å². The number of carbonyl (C=O) groups is 2. The van der Waals surface area contributed by atoms with Crippen molar-refractivity contribution < 1.29 is 9.59 Å². The SMILES string of the molecule is CC(=O)c1cc(C#N)c(SCC(=O)N(C(C)C)C(C)C)nc1C. The molecule has 6 heteroatoms. The largest absolute Gasteiger partial charge is 0.337 e. The number of amides is 1. The summed E-state index contributed by atoms with van der Waals surface area (Å²) in [5, 5.41) is 9.75. The Morgan fingerprint density at radius 2 is 1.87 bits per heavy atom. The highest BCUT2D eigenvalue weighted by Gasteiger charge is 2.21. The summed E-state index contributed by atoms with van der Waals surface area (Å²) in [5.41, 5.74) is 1.36. The van der Waals surface area contributed by atoms with Gasteiger partial charge in [0.05, 0.1) is 11.3 Å². The van der Waals surface area contributed by atoms with Crippen molar-refractivity contribution in [2.45, 2.75) is 58.7 Å². The van der Waals surface area contributed by atoms with E-state index in [-0.39, 0.29) is 29.5 Å². The van der Waals surface area contributed by atoms with Gasteiger partial charge in [-0.25, -0.2) is 4.98 Å². The van der Waals surface area contributed by atoms with E-state index >= 15 is 0 Å². The molecule has 0 N–H and O–H groups in total. The van der Waals surface area contributed by atoms with Crippen molar-refractivity contribution in [2.24, 2.45) is 0 Å². The zero-order valence-electron chi connectivity index (χ0n) is 14.5. The van der Waals surface area contributed by atoms with Gasteiger partial charge in [-0.2, -0.15) is 5.26 Å². The number of nitriles is 1. The monoisotopic (exact) mass is 333 g/mol. The molecule has 0 unspecified atom stereocenters. The predicted molar refractivity (Wildman–Crippen MR) is 91.5 cm³/mol. The molecule has 1 rings (SSSR count). The van der Waals surface area contributed by atoms with Crippen molar-refractivity contribution >= 4 is 23.5 Å². The van der Waals surface area contributed by atoms with Gasteiger partial charge in [0.1, 0.15) is 11.1 Å². The smallest absolute Gasteiger partial charge is 0.233 e. The molecule has 124 valence electrons. The van der Waals surface area contributed by atoms with Crippen LogP contribution in [-0.2, 0) is 4.79 Å². The molecular weight excluding hydrogens is 310 g/mol. The van der Waals surface area contributed by atoms with Gasteiger partial charge in [0, 0.05) is 23.3 Å². The fraction of sp³-hybridized carbons (Fsp3) is 0.529. The van der Waals surface area contributed by atoms with Crippen LogP contribution in [0, 0.1) is 18.3 Å². The Morgan fingerprint density at radius 3 is 2.30 bits per heavy atom. The minimum Gasteiger partial charge on any atom is -0.337 e. The van der Waals surface area contributed by atoms with E-state index in [0.29, 0.717) is 21.8 Å². The van der Waals surface area contributed by atoms with E-state index < -0.39 is 0 Å². The van der Waals surface area contributed by atoms with Crippen molar-refractivity contribution in [1.82, 2.24) is 9.88 Å². The zero-order chi connectivity index (χ0) is 17.7. The number of thioether (sulfide) groups is 1. The highest BCUT2D eigenvalue weighted by Crippen LogP contribution is 2.24. The lowest BCUT2D eigenvalue weighted by Crippen LogP contribution is -2.43. The molecular formula is C17H23N3O2S. The molecule has 0 bridgehead atoms. The Labute approximate surface area is 142 Å². The summed E-state index contributed by atoms with van der Waals surface area (Å²) in [6, 6.07) is 3.85. The van der Waals surface area contributed by atoms with Crippen LogP contribution >= 0.6 is 11.8 Å². The van der Waals surface area contributed by atoms with E-state index in [1.54, 1.807) is 13.0 Å². The minimum absolute atomic E-state index is 0.0130. The summed E-state index contributed by atoms with van der Waals surface area (Å²) in [5.74, 6) is 0.112. The quantitative estimate of drug-likeness (QED) is 0.590. The van der Waals surface area contributed by atoms with Gasteiger partial charge < -0.3 is 4.90 Å². The average Bonchev–Trinajstić information content (AvgIpc) is 2.43. The van der Waals surface area contributed by atoms with E-state index in [9.17, 15) is 14.9 Å². The first-order valence-corrected chi connectivity index (χ1v) is 8.54. The number of hydrogen-bond acceptors (Lipinski definition) is 5. The molecule has 0 aromatic carbocycles. The normalized spacial score (nSPS) is 10.7. The lowest BCUT2D eigenvalue weighted by Gasteiger charge is -2.30. The number of pyridine rings is 1. The van der Waals surface area contributed by atoms with Crippen LogP contribution in [0.2, 0.25) is 0 Å². The number of nitrogens with zero attached hydrogens (tertiary/aromatic N) is 3. The molecule has 1 heterocycles. The van der Waals surface area contributed by atoms with Crippen molar-refractivity contribution in [2.75, 3.05) is 5.75 Å². The molecule has 0 radical (unpaired) electrons. The maximum atomic E-state index is 12.4. The number of carbonyl (C=O) groups excluding carboxylic acids is 2. The summed E-state index contributed by atoms with van der Waals surface area (Å²) in [7, 11) is 0. The van der Waals surface area contributed by atoms with Gasteiger partial charge in [-0.15, -0.1) is 0 Å². The number of ketones is 1. The van der Waals surface area contributed by atoms with Crippen LogP contribution in [0.5, 0.6) is 0 Å². The average molecular weight is 333 g/mol. The fourth-order valence-electron chi connectivity index (χ4n) is 2.51. The number of Topliss-reactive ketones (excluding diaryl/α,β-unsaturated/α-hetero) is 1. The molecule has 23 heavy (non-hydrogen) atoms. The Kier molecular flexibility index (Phi) is 6.77. The Hall–Kier alpha value is -1.87. The third kappa shape index (κ3) is 4.80. The van der Waals surface area contributed by atoms with Gasteiger partial charge in [-0.3, -0.25) is 9.59 Å². The summed E-state index contributed by atoms with van der Waals surface area (Å²) < 4.78 is 0. The van der Waals surface area contributed by atoms with Crippen LogP contribution in [0.3, 0.4) is 0 Å². The minimum atomic E-state index is -0.120. The van der Waals surface area contributed by atoms with Crippen LogP contribution in [0.25, 0.3) is 0 Å². The third-order valence-corrected chi connectivity index (χ3v) is 4.39. The summed E-state index contributed by atoms with van der Waals surface area (Å²) in [6.45, 7) is 11.1. The number of aryl methyl sites for hydroxylation is 1. The molecule has 1 aromatic rings. The molecule has 0 fully saturated rings. The molecule has 0 atom stereocenters. The first-order chi connectivity index (χ1) is 10.7. The number of rotatable bonds is 6. The van der Waals surface area contributed by atoms with E-state index in [1.807, 2.05) is 32.6 Å². The van der Waals surface area contributed by atoms with Crippen LogP contribution in [0.4, 0.5) is 0 Å². The molecule has 0 saturated carbocycles. The second-order valence-electron chi connectivity index (χ2n) is 5.92. The van der Waals surface area contributed by atoms with Gasteiger partial charge in [0.2, 0.25) is 5.91 Å². The Balaban J connectivity index is 2.98. The highest BCUT2D eigenvalue weighted by molar-refractivity contribution is 8.00. The fourth-order valence-corrected chi connectivity index (χ4v) is 3.38. The Bertz CT molecular complexity index is 640. The zero-order valence-corrected chi connectivity index (χ0v) is 15.3. The van der Waals surface area contributed by atoms with Crippen molar-refractivity contribution in [3.05, 3.63) is 22.9 Å². The number of hydrogen-bond donors (Lipinski definition) is 0. The van der Waals surface area contributed by atoms with Crippen LogP contribution in [-0.4, -0.2) is 39.4 Å². The first kappa shape index (κ1) is 19.2. The highest BCUT2D eigenvalue weighted by atomic mass is 32.2. The predicted octanol–water partition coefficient (Wildman–Crippen LogP) is 3.20. The lowest BCUT2D eigenvalue weighted by molar-refractivity contribution is -0.131. The van der Waals surface area contributed by atoms with Crippen molar-refractivity contribution in [3.63, 3.8) is 0 Å². The standard InChI is InChI=1S/C17H23N3O2S/c1-10(2)20(11(3)4)16(22)9-23-17-14(8-18)7-15(13(6)21)12(5)19-17/h7,10-11H,9H2,1-6H3. The molecule has 1 amide bonds. The molecule has 0 spiro atoms. The van der Waals surface area contributed by atoms with Crippen molar-refractivity contribution in [3.8, 4) is 6.07 Å². The van der Waals surface area contributed by atoms with Gasteiger partial charge in [0.15, 0.2) is 5.78 Å². The maximum absolute atomic E-state index is 12.4. The molecule has 0 saturated heterocycles. The second kappa shape index (κ2) is 8.11. The molecule has 0 aliphatic heterocycles. The van der Waals surface area contributed by atoms with Gasteiger partial charge in [-0.05, 0) is 47.6 Å². The number of aromatic nitrogens is 1. The van der Waals surface area contributed by atoms with Gasteiger partial charge in [-0.1, -0.05) is 11.8 Å². The van der Waals surface area contributed by atoms with Crippen LogP contribution in [0.1, 0.15) is 56.2 Å². The topological polar surface area (TPSA) is 74.1 Å². The van der Waals surface area contributed by atoms with Crippen LogP contribution < -0.4 is 0 Å². The molecule has 5 nitrogen and oxygen atoms in total. The van der Waals surface area contributed by atoms with Gasteiger partial charge in [0.25, 0.3) is 0 Å². The van der Waals surface area contributed by atoms with E-state index in [4.69, 9.17) is 0 Å². The molecule has 1 aromatic heterocycles. The second-order valence-corrected chi connectivity index (χ2v) is 6.88. The van der Waals surface area contributed by atoms with Crippen molar-refractivity contribution in [1.29, 1.82) is 5.26 Å².